The molecule has 0 spiro atoms. The molecular weight excluding hydrogens is 321 g/mol. The fourth-order valence-electron chi connectivity index (χ4n) is 1.47. The Hall–Kier alpha value is -2.22. The first-order valence-electron chi connectivity index (χ1n) is 6.14. The van der Waals surface area contributed by atoms with Crippen LogP contribution in [0.25, 0.3) is 0 Å². The zero-order valence-corrected chi connectivity index (χ0v) is 12.8. The van der Waals surface area contributed by atoms with E-state index in [1.807, 2.05) is 0 Å². The monoisotopic (exact) mass is 333 g/mol. The molecule has 0 N–H and O–H groups in total. The van der Waals surface area contributed by atoms with Crippen LogP contribution in [0.2, 0.25) is 5.02 Å². The number of nitro benzene ring substituents is 1. The van der Waals surface area contributed by atoms with Crippen LogP contribution in [0.3, 0.4) is 0 Å². The summed E-state index contributed by atoms with van der Waals surface area (Å²) < 4.78 is 23.0. The van der Waals surface area contributed by atoms with E-state index in [0.717, 1.165) is 0 Å². The molecule has 22 heavy (non-hydrogen) atoms. The summed E-state index contributed by atoms with van der Waals surface area (Å²) in [5.41, 5.74) is -2.98. The molecule has 0 atom stereocenters. The van der Waals surface area contributed by atoms with E-state index in [2.05, 4.69) is 0 Å². The summed E-state index contributed by atoms with van der Waals surface area (Å²) in [7, 11) is 0. The zero-order chi connectivity index (χ0) is 17.1. The van der Waals surface area contributed by atoms with E-state index >= 15 is 0 Å². The van der Waals surface area contributed by atoms with E-state index < -0.39 is 39.5 Å². The summed E-state index contributed by atoms with van der Waals surface area (Å²) in [5, 5.41) is 10.3. The van der Waals surface area contributed by atoms with Crippen LogP contribution in [0.1, 0.15) is 31.1 Å². The van der Waals surface area contributed by atoms with Crippen molar-refractivity contribution in [3.63, 3.8) is 0 Å². The number of nitrogens with zero attached hydrogens (tertiary/aromatic N) is 1. The predicted octanol–water partition coefficient (Wildman–Crippen LogP) is 2.89. The highest BCUT2D eigenvalue weighted by Crippen LogP contribution is 2.27. The molecule has 120 valence electrons. The van der Waals surface area contributed by atoms with Gasteiger partial charge >= 0.3 is 17.6 Å². The first-order chi connectivity index (χ1) is 10.1. The number of nitro groups is 1. The average molecular weight is 334 g/mol. The maximum Gasteiger partial charge on any atom is 0.350 e. The van der Waals surface area contributed by atoms with Gasteiger partial charge in [-0.1, -0.05) is 11.6 Å². The van der Waals surface area contributed by atoms with Crippen molar-refractivity contribution in [2.24, 2.45) is 0 Å². The van der Waals surface area contributed by atoms with Crippen molar-refractivity contribution >= 4 is 29.2 Å². The third-order valence-corrected chi connectivity index (χ3v) is 2.88. The lowest BCUT2D eigenvalue weighted by Crippen LogP contribution is -2.38. The lowest BCUT2D eigenvalue weighted by atomic mass is 10.1. The van der Waals surface area contributed by atoms with Crippen LogP contribution in [0.4, 0.5) is 10.1 Å². The molecule has 0 radical (unpaired) electrons. The zero-order valence-electron chi connectivity index (χ0n) is 12.0. The summed E-state index contributed by atoms with van der Waals surface area (Å²) in [6.45, 7) is 4.24. The maximum atomic E-state index is 13.4. The number of rotatable bonds is 5. The van der Waals surface area contributed by atoms with Gasteiger partial charge in [0.2, 0.25) is 11.4 Å². The van der Waals surface area contributed by atoms with Gasteiger partial charge in [0.05, 0.1) is 22.1 Å². The van der Waals surface area contributed by atoms with Gasteiger partial charge in [0.15, 0.2) is 0 Å². The van der Waals surface area contributed by atoms with Gasteiger partial charge in [-0.15, -0.1) is 0 Å². The van der Waals surface area contributed by atoms with Crippen molar-refractivity contribution in [2.45, 2.75) is 26.4 Å². The number of halogens is 2. The van der Waals surface area contributed by atoms with Gasteiger partial charge in [-0.05, 0) is 20.8 Å². The van der Waals surface area contributed by atoms with E-state index in [9.17, 15) is 24.1 Å². The second kappa shape index (κ2) is 6.69. The molecule has 0 aromatic heterocycles. The Morgan fingerprint density at radius 2 is 2.00 bits per heavy atom. The SMILES string of the molecule is CCOC(=O)C(C)(C)OC(=O)c1cc([N+](=O)[O-])c(F)cc1Cl. The highest BCUT2D eigenvalue weighted by Gasteiger charge is 2.35. The minimum Gasteiger partial charge on any atom is -0.463 e. The topological polar surface area (TPSA) is 95.7 Å². The number of carbonyl (C=O) groups excluding carboxylic acids is 2. The largest absolute Gasteiger partial charge is 0.463 e. The van der Waals surface area contributed by atoms with Gasteiger partial charge < -0.3 is 9.47 Å². The molecule has 0 saturated heterocycles. The minimum absolute atomic E-state index is 0.0859. The van der Waals surface area contributed by atoms with Gasteiger partial charge in [-0.3, -0.25) is 10.1 Å². The summed E-state index contributed by atoms with van der Waals surface area (Å²) in [4.78, 5) is 33.3. The molecule has 1 aromatic rings. The van der Waals surface area contributed by atoms with Gasteiger partial charge in [-0.25, -0.2) is 9.59 Å². The standard InChI is InChI=1S/C13H13ClFNO6/c1-4-21-12(18)13(2,3)22-11(17)7-5-10(16(19)20)9(15)6-8(7)14/h5-6H,4H2,1-3H3. The number of esters is 2. The molecule has 0 amide bonds. The Balaban J connectivity index is 3.11. The Bertz CT molecular complexity index is 631. The smallest absolute Gasteiger partial charge is 0.350 e. The fraction of sp³-hybridized carbons (Fsp3) is 0.385. The molecule has 7 nitrogen and oxygen atoms in total. The summed E-state index contributed by atoms with van der Waals surface area (Å²) in [6, 6.07) is 1.29. The lowest BCUT2D eigenvalue weighted by Gasteiger charge is -2.22. The van der Waals surface area contributed by atoms with Crippen molar-refractivity contribution in [3.05, 3.63) is 38.7 Å². The van der Waals surface area contributed by atoms with Crippen LogP contribution in [0.15, 0.2) is 12.1 Å². The lowest BCUT2D eigenvalue weighted by molar-refractivity contribution is -0.387. The van der Waals surface area contributed by atoms with E-state index in [1.165, 1.54) is 13.8 Å². The van der Waals surface area contributed by atoms with Crippen LogP contribution in [-0.2, 0) is 14.3 Å². The Morgan fingerprint density at radius 3 is 2.50 bits per heavy atom. The van der Waals surface area contributed by atoms with Crippen LogP contribution in [0.5, 0.6) is 0 Å². The molecule has 0 aliphatic heterocycles. The minimum atomic E-state index is -1.63. The highest BCUT2D eigenvalue weighted by molar-refractivity contribution is 6.33. The molecule has 1 rings (SSSR count). The molecular formula is C13H13ClFNO6. The van der Waals surface area contributed by atoms with Crippen LogP contribution in [0, 0.1) is 15.9 Å². The molecule has 0 unspecified atom stereocenters. The van der Waals surface area contributed by atoms with E-state index in [1.54, 1.807) is 6.92 Å². The van der Waals surface area contributed by atoms with Gasteiger partial charge in [0.25, 0.3) is 0 Å². The molecule has 0 heterocycles. The number of benzene rings is 1. The summed E-state index contributed by atoms with van der Waals surface area (Å²) in [6.07, 6.45) is 0. The van der Waals surface area contributed by atoms with Crippen LogP contribution in [-0.4, -0.2) is 29.1 Å². The summed E-state index contributed by atoms with van der Waals surface area (Å²) >= 11 is 5.69. The van der Waals surface area contributed by atoms with Gasteiger partial charge in [0.1, 0.15) is 0 Å². The van der Waals surface area contributed by atoms with Crippen molar-refractivity contribution in [1.82, 2.24) is 0 Å². The number of carbonyl (C=O) groups is 2. The van der Waals surface area contributed by atoms with Crippen LogP contribution >= 0.6 is 11.6 Å². The van der Waals surface area contributed by atoms with Crippen LogP contribution < -0.4 is 0 Å². The molecule has 9 heteroatoms. The highest BCUT2D eigenvalue weighted by atomic mass is 35.5. The second-order valence-electron chi connectivity index (χ2n) is 4.66. The molecule has 0 saturated carbocycles. The predicted molar refractivity (Wildman–Crippen MR) is 74.2 cm³/mol. The number of hydrogen-bond donors (Lipinski definition) is 0. The first-order valence-corrected chi connectivity index (χ1v) is 6.52. The Kier molecular flexibility index (Phi) is 5.43. The molecule has 0 aliphatic rings. The maximum absolute atomic E-state index is 13.4. The fourth-order valence-corrected chi connectivity index (χ4v) is 1.69. The van der Waals surface area contributed by atoms with Crippen molar-refractivity contribution in [3.8, 4) is 0 Å². The van der Waals surface area contributed by atoms with Crippen molar-refractivity contribution in [2.75, 3.05) is 6.61 Å². The third kappa shape index (κ3) is 3.91. The van der Waals surface area contributed by atoms with E-state index in [-0.39, 0.29) is 11.6 Å². The Morgan fingerprint density at radius 1 is 1.41 bits per heavy atom. The number of ether oxygens (including phenoxy) is 2. The quantitative estimate of drug-likeness (QED) is 0.467. The molecule has 1 aromatic carbocycles. The summed E-state index contributed by atoms with van der Waals surface area (Å²) in [5.74, 6) is -3.08. The van der Waals surface area contributed by atoms with Crippen molar-refractivity contribution < 1.29 is 28.4 Å². The van der Waals surface area contributed by atoms with E-state index in [0.29, 0.717) is 12.1 Å². The molecule has 0 fully saturated rings. The third-order valence-electron chi connectivity index (χ3n) is 2.57. The Labute approximate surface area is 130 Å². The molecule has 0 aliphatic carbocycles. The second-order valence-corrected chi connectivity index (χ2v) is 5.07. The normalized spacial score (nSPS) is 11.0. The van der Waals surface area contributed by atoms with E-state index in [4.69, 9.17) is 21.1 Å². The average Bonchev–Trinajstić information content (AvgIpc) is 2.37. The van der Waals surface area contributed by atoms with Gasteiger partial charge in [0, 0.05) is 12.1 Å². The first kappa shape index (κ1) is 17.8. The molecule has 0 bridgehead atoms. The van der Waals surface area contributed by atoms with Gasteiger partial charge in [-0.2, -0.15) is 4.39 Å². The number of hydrogen-bond acceptors (Lipinski definition) is 6. The van der Waals surface area contributed by atoms with Crippen molar-refractivity contribution in [1.29, 1.82) is 0 Å².